The van der Waals surface area contributed by atoms with Crippen molar-refractivity contribution in [2.24, 2.45) is 0 Å². The summed E-state index contributed by atoms with van der Waals surface area (Å²) >= 11 is 0. The fraction of sp³-hybridized carbons (Fsp3) is 0.440. The molecule has 0 aliphatic carbocycles. The summed E-state index contributed by atoms with van der Waals surface area (Å²) in [4.78, 5) is 27.9. The zero-order valence-corrected chi connectivity index (χ0v) is 21.7. The van der Waals surface area contributed by atoms with Gasteiger partial charge < -0.3 is 10.2 Å². The molecular formula is C25H33F2N3O4S. The average molecular weight is 510 g/mol. The first-order valence-corrected chi connectivity index (χ1v) is 13.1. The maximum atomic E-state index is 13.8. The molecule has 0 unspecified atom stereocenters. The number of aryl methyl sites for hydroxylation is 1. The lowest BCUT2D eigenvalue weighted by Gasteiger charge is -2.34. The van der Waals surface area contributed by atoms with Crippen LogP contribution >= 0.6 is 0 Å². The Morgan fingerprint density at radius 3 is 2.11 bits per heavy atom. The van der Waals surface area contributed by atoms with Crippen molar-refractivity contribution < 1.29 is 26.8 Å². The van der Waals surface area contributed by atoms with Gasteiger partial charge in [0.2, 0.25) is 21.8 Å². The molecule has 0 aliphatic heterocycles. The highest BCUT2D eigenvalue weighted by atomic mass is 32.2. The molecule has 0 saturated carbocycles. The Kier molecular flexibility index (Phi) is 9.00. The van der Waals surface area contributed by atoms with E-state index in [9.17, 15) is 26.8 Å². The van der Waals surface area contributed by atoms with Gasteiger partial charge in [0.15, 0.2) is 11.6 Å². The molecule has 192 valence electrons. The minimum absolute atomic E-state index is 0.0601. The zero-order valence-electron chi connectivity index (χ0n) is 20.9. The lowest BCUT2D eigenvalue weighted by atomic mass is 10.1. The Morgan fingerprint density at radius 2 is 1.63 bits per heavy atom. The fourth-order valence-corrected chi connectivity index (χ4v) is 4.36. The summed E-state index contributed by atoms with van der Waals surface area (Å²) < 4.78 is 53.0. The minimum atomic E-state index is -4.04. The number of carbonyl (C=O) groups excluding carboxylic acids is 2. The van der Waals surface area contributed by atoms with Crippen molar-refractivity contribution in [1.82, 2.24) is 10.2 Å². The van der Waals surface area contributed by atoms with Crippen LogP contribution in [0.4, 0.5) is 14.5 Å². The molecule has 0 heterocycles. The molecule has 0 bridgehead atoms. The second-order valence-corrected chi connectivity index (χ2v) is 11.4. The van der Waals surface area contributed by atoms with Crippen molar-refractivity contribution in [3.05, 3.63) is 65.2 Å². The van der Waals surface area contributed by atoms with Gasteiger partial charge in [0.05, 0.1) is 11.9 Å². The Morgan fingerprint density at radius 1 is 1.03 bits per heavy atom. The van der Waals surface area contributed by atoms with Gasteiger partial charge in [-0.25, -0.2) is 17.2 Å². The first kappa shape index (κ1) is 28.2. The van der Waals surface area contributed by atoms with Crippen LogP contribution in [0.3, 0.4) is 0 Å². The Bertz CT molecular complexity index is 1160. The zero-order chi connectivity index (χ0) is 26.6. The lowest BCUT2D eigenvalue weighted by molar-refractivity contribution is -0.141. The third-order valence-corrected chi connectivity index (χ3v) is 6.37. The van der Waals surface area contributed by atoms with Crippen LogP contribution in [0.2, 0.25) is 0 Å². The van der Waals surface area contributed by atoms with E-state index in [1.54, 1.807) is 6.92 Å². The average Bonchev–Trinajstić information content (AvgIpc) is 2.73. The molecule has 2 rings (SSSR count). The van der Waals surface area contributed by atoms with Crippen molar-refractivity contribution in [2.75, 3.05) is 17.1 Å². The predicted molar refractivity (Wildman–Crippen MR) is 132 cm³/mol. The van der Waals surface area contributed by atoms with Gasteiger partial charge in [0, 0.05) is 18.2 Å². The number of hydrogen-bond acceptors (Lipinski definition) is 4. The molecule has 10 heteroatoms. The molecule has 7 nitrogen and oxygen atoms in total. The molecule has 0 radical (unpaired) electrons. The number of sulfonamides is 1. The Hall–Kier alpha value is -3.01. The van der Waals surface area contributed by atoms with Gasteiger partial charge in [-0.2, -0.15) is 0 Å². The van der Waals surface area contributed by atoms with Crippen molar-refractivity contribution in [1.29, 1.82) is 0 Å². The number of anilines is 1. The lowest BCUT2D eigenvalue weighted by Crippen LogP contribution is -2.55. The molecule has 0 saturated heterocycles. The van der Waals surface area contributed by atoms with Gasteiger partial charge in [-0.05, 0) is 51.8 Å². The van der Waals surface area contributed by atoms with Crippen LogP contribution in [0.1, 0.15) is 45.2 Å². The van der Waals surface area contributed by atoms with E-state index >= 15 is 0 Å². The quantitative estimate of drug-likeness (QED) is 0.558. The second kappa shape index (κ2) is 11.2. The number of amides is 2. The summed E-state index contributed by atoms with van der Waals surface area (Å²) in [7, 11) is -4.04. The molecule has 1 atom stereocenters. The smallest absolute Gasteiger partial charge is 0.244 e. The summed E-state index contributed by atoms with van der Waals surface area (Å²) in [5, 5.41) is 2.87. The monoisotopic (exact) mass is 509 g/mol. The maximum absolute atomic E-state index is 13.8. The molecule has 1 N–H and O–H groups in total. The molecular weight excluding hydrogens is 476 g/mol. The summed E-state index contributed by atoms with van der Waals surface area (Å²) in [5.74, 6) is -3.41. The summed E-state index contributed by atoms with van der Waals surface area (Å²) in [6.07, 6.45) is 1.15. The third kappa shape index (κ3) is 8.02. The summed E-state index contributed by atoms with van der Waals surface area (Å²) in [6.45, 7) is 8.50. The van der Waals surface area contributed by atoms with E-state index in [1.165, 1.54) is 4.90 Å². The van der Waals surface area contributed by atoms with Crippen LogP contribution in [-0.2, 0) is 26.2 Å². The number of rotatable bonds is 9. The highest BCUT2D eigenvalue weighted by molar-refractivity contribution is 7.92. The van der Waals surface area contributed by atoms with Crippen molar-refractivity contribution >= 4 is 27.5 Å². The predicted octanol–water partition coefficient (Wildman–Crippen LogP) is 3.76. The number of carbonyl (C=O) groups is 2. The van der Waals surface area contributed by atoms with Crippen LogP contribution in [-0.4, -0.2) is 49.5 Å². The van der Waals surface area contributed by atoms with Crippen LogP contribution < -0.4 is 9.62 Å². The van der Waals surface area contributed by atoms with Crippen molar-refractivity contribution in [2.45, 2.75) is 59.2 Å². The molecule has 0 fully saturated rings. The number of halogens is 2. The van der Waals surface area contributed by atoms with Gasteiger partial charge in [0.1, 0.15) is 12.6 Å². The van der Waals surface area contributed by atoms with Gasteiger partial charge >= 0.3 is 0 Å². The van der Waals surface area contributed by atoms with Gasteiger partial charge in [-0.15, -0.1) is 0 Å². The number of hydrogen-bond donors (Lipinski definition) is 1. The highest BCUT2D eigenvalue weighted by Crippen LogP contribution is 2.22. The second-order valence-electron chi connectivity index (χ2n) is 9.54. The van der Waals surface area contributed by atoms with Crippen molar-refractivity contribution in [3.8, 4) is 0 Å². The summed E-state index contributed by atoms with van der Waals surface area (Å²) in [6, 6.07) is 9.12. The third-order valence-electron chi connectivity index (χ3n) is 5.23. The number of nitrogens with zero attached hydrogens (tertiary/aromatic N) is 2. The Balaban J connectivity index is 2.47. The van der Waals surface area contributed by atoms with E-state index in [-0.39, 0.29) is 24.6 Å². The standard InChI is InChI=1S/C25H33F2N3O4S/c1-7-22(24(32)28-25(3,4)5)29(15-18-10-8-17(2)9-11-18)23(31)16-30(35(6,33)34)19-12-13-20(26)21(27)14-19/h8-14,22H,7,15-16H2,1-6H3,(H,28,32)/t22-/m1/s1. The normalized spacial score (nSPS) is 12.7. The van der Waals surface area contributed by atoms with E-state index in [1.807, 2.05) is 52.0 Å². The molecule has 2 amide bonds. The number of nitrogens with one attached hydrogen (secondary N) is 1. The van der Waals surface area contributed by atoms with Gasteiger partial charge in [0.25, 0.3) is 0 Å². The van der Waals surface area contributed by atoms with E-state index in [2.05, 4.69) is 5.32 Å². The SMILES string of the molecule is CC[C@H](C(=O)NC(C)(C)C)N(Cc1ccc(C)cc1)C(=O)CN(c1ccc(F)c(F)c1)S(C)(=O)=O. The highest BCUT2D eigenvalue weighted by Gasteiger charge is 2.33. The van der Waals surface area contributed by atoms with E-state index in [0.29, 0.717) is 4.31 Å². The van der Waals surface area contributed by atoms with E-state index < -0.39 is 45.7 Å². The minimum Gasteiger partial charge on any atom is -0.350 e. The van der Waals surface area contributed by atoms with Gasteiger partial charge in [-0.3, -0.25) is 13.9 Å². The molecule has 2 aromatic rings. The van der Waals surface area contributed by atoms with Crippen LogP contribution in [0, 0.1) is 18.6 Å². The topological polar surface area (TPSA) is 86.8 Å². The first-order chi connectivity index (χ1) is 16.1. The van der Waals surface area contributed by atoms with Crippen LogP contribution in [0.15, 0.2) is 42.5 Å². The first-order valence-electron chi connectivity index (χ1n) is 11.2. The van der Waals surface area contributed by atoms with E-state index in [0.717, 1.165) is 35.6 Å². The van der Waals surface area contributed by atoms with E-state index in [4.69, 9.17) is 0 Å². The van der Waals surface area contributed by atoms with Crippen molar-refractivity contribution in [3.63, 3.8) is 0 Å². The molecule has 0 aromatic heterocycles. The number of benzene rings is 2. The molecule has 0 aliphatic rings. The molecule has 35 heavy (non-hydrogen) atoms. The summed E-state index contributed by atoms with van der Waals surface area (Å²) in [5.41, 5.74) is 1.03. The van der Waals surface area contributed by atoms with Gasteiger partial charge in [-0.1, -0.05) is 36.8 Å². The largest absolute Gasteiger partial charge is 0.350 e. The fourth-order valence-electron chi connectivity index (χ4n) is 3.52. The van der Waals surface area contributed by atoms with Crippen LogP contribution in [0.25, 0.3) is 0 Å². The van der Waals surface area contributed by atoms with Crippen LogP contribution in [0.5, 0.6) is 0 Å². The Labute approximate surface area is 206 Å². The molecule has 0 spiro atoms. The molecule has 2 aromatic carbocycles. The maximum Gasteiger partial charge on any atom is 0.244 e.